The van der Waals surface area contributed by atoms with Crippen molar-refractivity contribution in [1.82, 2.24) is 0 Å². The molecule has 1 heterocycles. The number of ether oxygens (including phenoxy) is 2. The maximum atomic E-state index is 11.5. The molecule has 0 unspecified atom stereocenters. The van der Waals surface area contributed by atoms with Crippen molar-refractivity contribution in [1.29, 1.82) is 0 Å². The lowest BCUT2D eigenvalue weighted by molar-refractivity contribution is -0.148. The average molecular weight is 229 g/mol. The Bertz CT molecular complexity index is 212. The number of hydrogen-bond donors (Lipinski definition) is 1. The van der Waals surface area contributed by atoms with Crippen molar-refractivity contribution in [3.8, 4) is 0 Å². The maximum Gasteiger partial charge on any atom is 0.322 e. The second-order valence-electron chi connectivity index (χ2n) is 4.92. The minimum absolute atomic E-state index is 0.264. The second-order valence-corrected chi connectivity index (χ2v) is 4.92. The SMILES string of the molecule is CC(C)C[C@@H](N)C(=O)OCC1CCOCC1. The molecule has 4 nitrogen and oxygen atoms in total. The van der Waals surface area contributed by atoms with Gasteiger partial charge >= 0.3 is 5.97 Å². The van der Waals surface area contributed by atoms with Crippen molar-refractivity contribution in [3.05, 3.63) is 0 Å². The summed E-state index contributed by atoms with van der Waals surface area (Å²) in [7, 11) is 0. The van der Waals surface area contributed by atoms with Crippen LogP contribution in [0.3, 0.4) is 0 Å². The molecule has 0 aromatic carbocycles. The number of esters is 1. The lowest BCUT2D eigenvalue weighted by atomic mass is 10.0. The molecule has 2 N–H and O–H groups in total. The van der Waals surface area contributed by atoms with E-state index >= 15 is 0 Å². The van der Waals surface area contributed by atoms with E-state index in [9.17, 15) is 4.79 Å². The van der Waals surface area contributed by atoms with E-state index in [0.29, 0.717) is 24.9 Å². The summed E-state index contributed by atoms with van der Waals surface area (Å²) in [5, 5.41) is 0. The molecule has 1 rings (SSSR count). The number of hydrogen-bond acceptors (Lipinski definition) is 4. The quantitative estimate of drug-likeness (QED) is 0.722. The predicted octanol–water partition coefficient (Wildman–Crippen LogP) is 1.33. The highest BCUT2D eigenvalue weighted by Gasteiger charge is 2.20. The van der Waals surface area contributed by atoms with Crippen LogP contribution >= 0.6 is 0 Å². The molecule has 94 valence electrons. The van der Waals surface area contributed by atoms with E-state index in [1.165, 1.54) is 0 Å². The molecule has 0 bridgehead atoms. The molecule has 16 heavy (non-hydrogen) atoms. The Labute approximate surface area is 97.5 Å². The summed E-state index contributed by atoms with van der Waals surface area (Å²) in [6.45, 7) is 6.14. The van der Waals surface area contributed by atoms with Gasteiger partial charge in [-0.1, -0.05) is 13.8 Å². The van der Waals surface area contributed by atoms with Crippen molar-refractivity contribution in [3.63, 3.8) is 0 Å². The van der Waals surface area contributed by atoms with Crippen molar-refractivity contribution in [2.45, 2.75) is 39.2 Å². The van der Waals surface area contributed by atoms with E-state index in [-0.39, 0.29) is 5.97 Å². The normalized spacial score (nSPS) is 19.8. The Morgan fingerprint density at radius 2 is 2.06 bits per heavy atom. The van der Waals surface area contributed by atoms with E-state index in [1.54, 1.807) is 0 Å². The van der Waals surface area contributed by atoms with Gasteiger partial charge in [-0.15, -0.1) is 0 Å². The van der Waals surface area contributed by atoms with Crippen LogP contribution in [0.2, 0.25) is 0 Å². The summed E-state index contributed by atoms with van der Waals surface area (Å²) in [4.78, 5) is 11.5. The standard InChI is InChI=1S/C12H23NO3/c1-9(2)7-11(13)12(14)16-8-10-3-5-15-6-4-10/h9-11H,3-8,13H2,1-2H3/t11-/m1/s1. The molecule has 0 amide bonds. The first kappa shape index (κ1) is 13.5. The number of carbonyl (C=O) groups is 1. The topological polar surface area (TPSA) is 61.6 Å². The van der Waals surface area contributed by atoms with E-state index in [2.05, 4.69) is 0 Å². The third kappa shape index (κ3) is 4.94. The molecule has 4 heteroatoms. The second kappa shape index (κ2) is 6.86. The summed E-state index contributed by atoms with van der Waals surface area (Å²) in [5.41, 5.74) is 5.73. The highest BCUT2D eigenvalue weighted by atomic mass is 16.5. The summed E-state index contributed by atoms with van der Waals surface area (Å²) < 4.78 is 10.5. The van der Waals surface area contributed by atoms with Crippen LogP contribution in [0.25, 0.3) is 0 Å². The molecule has 0 aromatic rings. The van der Waals surface area contributed by atoms with Crippen LogP contribution in [-0.4, -0.2) is 31.8 Å². The van der Waals surface area contributed by atoms with Gasteiger partial charge in [0.1, 0.15) is 6.04 Å². The number of nitrogens with two attached hydrogens (primary N) is 1. The molecular weight excluding hydrogens is 206 g/mol. The lowest BCUT2D eigenvalue weighted by Gasteiger charge is -2.22. The summed E-state index contributed by atoms with van der Waals surface area (Å²) in [5.74, 6) is 0.606. The van der Waals surface area contributed by atoms with Gasteiger partial charge in [0, 0.05) is 13.2 Å². The van der Waals surface area contributed by atoms with Gasteiger partial charge in [0.2, 0.25) is 0 Å². The Balaban J connectivity index is 2.17. The molecule has 0 spiro atoms. The maximum absolute atomic E-state index is 11.5. The Hall–Kier alpha value is -0.610. The Kier molecular flexibility index (Phi) is 5.77. The van der Waals surface area contributed by atoms with Gasteiger partial charge in [-0.25, -0.2) is 0 Å². The first-order chi connectivity index (χ1) is 7.59. The van der Waals surface area contributed by atoms with E-state index in [1.807, 2.05) is 13.8 Å². The van der Waals surface area contributed by atoms with Crippen molar-refractivity contribution in [2.24, 2.45) is 17.6 Å². The minimum Gasteiger partial charge on any atom is -0.464 e. The summed E-state index contributed by atoms with van der Waals surface area (Å²) >= 11 is 0. The number of carbonyl (C=O) groups excluding carboxylic acids is 1. The van der Waals surface area contributed by atoms with Crippen LogP contribution < -0.4 is 5.73 Å². The third-order valence-electron chi connectivity index (χ3n) is 2.83. The minimum atomic E-state index is -0.472. The smallest absolute Gasteiger partial charge is 0.322 e. The van der Waals surface area contributed by atoms with Gasteiger partial charge in [-0.2, -0.15) is 0 Å². The van der Waals surface area contributed by atoms with Crippen LogP contribution in [0.1, 0.15) is 33.1 Å². The third-order valence-corrected chi connectivity index (χ3v) is 2.83. The van der Waals surface area contributed by atoms with Crippen LogP contribution in [0.15, 0.2) is 0 Å². The van der Waals surface area contributed by atoms with Crippen molar-refractivity contribution < 1.29 is 14.3 Å². The fourth-order valence-electron chi connectivity index (χ4n) is 1.82. The first-order valence-corrected chi connectivity index (χ1v) is 6.09. The largest absolute Gasteiger partial charge is 0.464 e. The zero-order valence-corrected chi connectivity index (χ0v) is 10.3. The van der Waals surface area contributed by atoms with Crippen LogP contribution in [0, 0.1) is 11.8 Å². The first-order valence-electron chi connectivity index (χ1n) is 6.09. The highest BCUT2D eigenvalue weighted by molar-refractivity contribution is 5.75. The van der Waals surface area contributed by atoms with Gasteiger partial charge in [0.15, 0.2) is 0 Å². The van der Waals surface area contributed by atoms with Gasteiger partial charge in [-0.05, 0) is 31.1 Å². The van der Waals surface area contributed by atoms with Crippen molar-refractivity contribution >= 4 is 5.97 Å². The van der Waals surface area contributed by atoms with Crippen molar-refractivity contribution in [2.75, 3.05) is 19.8 Å². The van der Waals surface area contributed by atoms with E-state index in [0.717, 1.165) is 26.1 Å². The molecule has 1 aliphatic heterocycles. The molecule has 1 fully saturated rings. The van der Waals surface area contributed by atoms with Gasteiger partial charge in [-0.3, -0.25) is 4.79 Å². The van der Waals surface area contributed by atoms with E-state index < -0.39 is 6.04 Å². The van der Waals surface area contributed by atoms with Gasteiger partial charge in [0.25, 0.3) is 0 Å². The zero-order chi connectivity index (χ0) is 12.0. The molecule has 0 radical (unpaired) electrons. The van der Waals surface area contributed by atoms with Crippen LogP contribution in [0.4, 0.5) is 0 Å². The average Bonchev–Trinajstić information content (AvgIpc) is 2.26. The molecule has 0 aliphatic carbocycles. The molecule has 1 aliphatic rings. The molecule has 1 saturated heterocycles. The Morgan fingerprint density at radius 3 is 2.62 bits per heavy atom. The fourth-order valence-corrected chi connectivity index (χ4v) is 1.82. The summed E-state index contributed by atoms with van der Waals surface area (Å²) in [6, 6.07) is -0.472. The molecule has 0 saturated carbocycles. The monoisotopic (exact) mass is 229 g/mol. The fraction of sp³-hybridized carbons (Fsp3) is 0.917. The Morgan fingerprint density at radius 1 is 1.44 bits per heavy atom. The zero-order valence-electron chi connectivity index (χ0n) is 10.3. The van der Waals surface area contributed by atoms with Crippen LogP contribution in [-0.2, 0) is 14.3 Å². The highest BCUT2D eigenvalue weighted by Crippen LogP contribution is 2.15. The number of rotatable bonds is 5. The van der Waals surface area contributed by atoms with Crippen LogP contribution in [0.5, 0.6) is 0 Å². The lowest BCUT2D eigenvalue weighted by Crippen LogP contribution is -2.35. The van der Waals surface area contributed by atoms with Gasteiger partial charge in [0.05, 0.1) is 6.61 Å². The van der Waals surface area contributed by atoms with E-state index in [4.69, 9.17) is 15.2 Å². The van der Waals surface area contributed by atoms with Gasteiger partial charge < -0.3 is 15.2 Å². The predicted molar refractivity (Wildman–Crippen MR) is 61.9 cm³/mol. The molecule has 1 atom stereocenters. The molecular formula is C12H23NO3. The molecule has 0 aromatic heterocycles. The summed E-state index contributed by atoms with van der Waals surface area (Å²) in [6.07, 6.45) is 2.64.